The maximum Gasteiger partial charge on any atom is 0.310 e. The number of benzene rings is 1. The Kier molecular flexibility index (Phi) is 7.22. The Labute approximate surface area is 131 Å². The quantitative estimate of drug-likeness (QED) is 0.684. The Bertz CT molecular complexity index is 503. The first-order valence-electron chi connectivity index (χ1n) is 7.14. The molecule has 6 heteroatoms. The molecule has 0 aliphatic rings. The van der Waals surface area contributed by atoms with E-state index in [9.17, 15) is 9.59 Å². The lowest BCUT2D eigenvalue weighted by atomic mass is 10.1. The van der Waals surface area contributed by atoms with Crippen LogP contribution in [0.4, 0.5) is 0 Å². The van der Waals surface area contributed by atoms with Crippen LogP contribution in [0.5, 0.6) is 11.5 Å². The fraction of sp³-hybridized carbons (Fsp3) is 0.500. The Balaban J connectivity index is 2.60. The molecule has 0 aliphatic heterocycles. The summed E-state index contributed by atoms with van der Waals surface area (Å²) >= 11 is 0. The van der Waals surface area contributed by atoms with Crippen LogP contribution in [0.2, 0.25) is 0 Å². The van der Waals surface area contributed by atoms with E-state index in [0.29, 0.717) is 24.6 Å². The monoisotopic (exact) mass is 309 g/mol. The number of carbonyl (C=O) groups is 2. The van der Waals surface area contributed by atoms with Crippen molar-refractivity contribution in [3.8, 4) is 11.5 Å². The van der Waals surface area contributed by atoms with E-state index in [2.05, 4.69) is 4.74 Å². The maximum absolute atomic E-state index is 12.2. The predicted molar refractivity (Wildman–Crippen MR) is 81.9 cm³/mol. The van der Waals surface area contributed by atoms with Crippen LogP contribution in [-0.4, -0.2) is 50.7 Å². The van der Waals surface area contributed by atoms with Crippen LogP contribution >= 0.6 is 0 Å². The van der Waals surface area contributed by atoms with E-state index in [1.807, 2.05) is 13.0 Å². The number of likely N-dealkylation sites (N-methyl/N-ethyl adjacent to an activating group) is 1. The molecule has 0 radical (unpaired) electrons. The molecule has 0 N–H and O–H groups in total. The Morgan fingerprint density at radius 3 is 2.36 bits per heavy atom. The summed E-state index contributed by atoms with van der Waals surface area (Å²) < 4.78 is 15.3. The summed E-state index contributed by atoms with van der Waals surface area (Å²) in [5, 5.41) is 0. The fourth-order valence-electron chi connectivity index (χ4n) is 1.98. The second-order valence-corrected chi connectivity index (χ2v) is 4.80. The molecule has 6 nitrogen and oxygen atoms in total. The summed E-state index contributed by atoms with van der Waals surface area (Å²) in [7, 11) is 2.88. The number of hydrogen-bond donors (Lipinski definition) is 0. The molecule has 0 aromatic heterocycles. The standard InChI is InChI=1S/C16H23NO5/c1-5-17(10-12(2)16(19)21-4)15(18)11-22-14-9-7-6-8-13(14)20-3/h6-9,12H,5,10-11H2,1-4H3. The highest BCUT2D eigenvalue weighted by Crippen LogP contribution is 2.25. The van der Waals surface area contributed by atoms with Gasteiger partial charge in [0.15, 0.2) is 18.1 Å². The van der Waals surface area contributed by atoms with Gasteiger partial charge in [-0.15, -0.1) is 0 Å². The number of methoxy groups -OCH3 is 2. The van der Waals surface area contributed by atoms with E-state index in [1.165, 1.54) is 7.11 Å². The van der Waals surface area contributed by atoms with Crippen molar-refractivity contribution in [1.29, 1.82) is 0 Å². The molecular formula is C16H23NO5. The maximum atomic E-state index is 12.2. The van der Waals surface area contributed by atoms with Crippen LogP contribution in [0.1, 0.15) is 13.8 Å². The summed E-state index contributed by atoms with van der Waals surface area (Å²) in [6, 6.07) is 7.12. The molecular weight excluding hydrogens is 286 g/mol. The van der Waals surface area contributed by atoms with Crippen LogP contribution in [-0.2, 0) is 14.3 Å². The second kappa shape index (κ2) is 8.92. The minimum Gasteiger partial charge on any atom is -0.493 e. The smallest absolute Gasteiger partial charge is 0.310 e. The van der Waals surface area contributed by atoms with Gasteiger partial charge in [-0.25, -0.2) is 0 Å². The van der Waals surface area contributed by atoms with Crippen LogP contribution in [0, 0.1) is 5.92 Å². The first-order valence-corrected chi connectivity index (χ1v) is 7.14. The lowest BCUT2D eigenvalue weighted by Crippen LogP contribution is -2.39. The molecule has 0 bridgehead atoms. The van der Waals surface area contributed by atoms with Crippen LogP contribution < -0.4 is 9.47 Å². The largest absolute Gasteiger partial charge is 0.493 e. The van der Waals surface area contributed by atoms with Gasteiger partial charge in [0.2, 0.25) is 0 Å². The summed E-state index contributed by atoms with van der Waals surface area (Å²) in [5.41, 5.74) is 0. The van der Waals surface area contributed by atoms with Crippen LogP contribution in [0.25, 0.3) is 0 Å². The first kappa shape index (κ1) is 17.8. The van der Waals surface area contributed by atoms with E-state index in [1.54, 1.807) is 37.1 Å². The van der Waals surface area contributed by atoms with Gasteiger partial charge in [0.1, 0.15) is 0 Å². The van der Waals surface area contributed by atoms with Gasteiger partial charge in [0.05, 0.1) is 20.1 Å². The average molecular weight is 309 g/mol. The number of hydrogen-bond acceptors (Lipinski definition) is 5. The number of esters is 1. The average Bonchev–Trinajstić information content (AvgIpc) is 2.56. The van der Waals surface area contributed by atoms with Gasteiger partial charge in [-0.2, -0.15) is 0 Å². The summed E-state index contributed by atoms with van der Waals surface area (Å²) in [6.07, 6.45) is 0. The predicted octanol–water partition coefficient (Wildman–Crippen LogP) is 1.73. The number of rotatable bonds is 8. The molecule has 0 saturated carbocycles. The van der Waals surface area contributed by atoms with Gasteiger partial charge in [0, 0.05) is 13.1 Å². The highest BCUT2D eigenvalue weighted by atomic mass is 16.5. The molecule has 1 rings (SSSR count). The van der Waals surface area contributed by atoms with Gasteiger partial charge in [-0.3, -0.25) is 9.59 Å². The van der Waals surface area contributed by atoms with E-state index < -0.39 is 0 Å². The minimum atomic E-state index is -0.375. The zero-order valence-electron chi connectivity index (χ0n) is 13.5. The highest BCUT2D eigenvalue weighted by molar-refractivity contribution is 5.79. The molecule has 1 unspecified atom stereocenters. The minimum absolute atomic E-state index is 0.109. The van der Waals surface area contributed by atoms with Crippen molar-refractivity contribution in [2.75, 3.05) is 33.9 Å². The van der Waals surface area contributed by atoms with Crippen molar-refractivity contribution in [2.24, 2.45) is 5.92 Å². The van der Waals surface area contributed by atoms with Gasteiger partial charge in [-0.05, 0) is 19.1 Å². The zero-order valence-corrected chi connectivity index (χ0v) is 13.5. The summed E-state index contributed by atoms with van der Waals surface area (Å²) in [6.45, 7) is 4.27. The van der Waals surface area contributed by atoms with Crippen molar-refractivity contribution >= 4 is 11.9 Å². The molecule has 0 aliphatic carbocycles. The molecule has 1 amide bonds. The molecule has 1 atom stereocenters. The Morgan fingerprint density at radius 2 is 1.82 bits per heavy atom. The number of carbonyl (C=O) groups excluding carboxylic acids is 2. The molecule has 0 fully saturated rings. The van der Waals surface area contributed by atoms with Crippen molar-refractivity contribution in [1.82, 2.24) is 4.90 Å². The van der Waals surface area contributed by atoms with Crippen LogP contribution in [0.3, 0.4) is 0 Å². The van der Waals surface area contributed by atoms with Gasteiger partial charge in [0.25, 0.3) is 5.91 Å². The molecule has 1 aromatic carbocycles. The first-order chi connectivity index (χ1) is 10.5. The van der Waals surface area contributed by atoms with Gasteiger partial charge < -0.3 is 19.1 Å². The topological polar surface area (TPSA) is 65.1 Å². The molecule has 0 heterocycles. The fourth-order valence-corrected chi connectivity index (χ4v) is 1.98. The Hall–Kier alpha value is -2.24. The molecule has 0 saturated heterocycles. The molecule has 22 heavy (non-hydrogen) atoms. The number of amides is 1. The van der Waals surface area contributed by atoms with Crippen molar-refractivity contribution in [3.05, 3.63) is 24.3 Å². The van der Waals surface area contributed by atoms with Crippen LogP contribution in [0.15, 0.2) is 24.3 Å². The van der Waals surface area contributed by atoms with Crippen molar-refractivity contribution < 1.29 is 23.8 Å². The van der Waals surface area contributed by atoms with E-state index in [0.717, 1.165) is 0 Å². The van der Waals surface area contributed by atoms with Crippen molar-refractivity contribution in [2.45, 2.75) is 13.8 Å². The van der Waals surface area contributed by atoms with E-state index >= 15 is 0 Å². The third-order valence-electron chi connectivity index (χ3n) is 3.25. The molecule has 0 spiro atoms. The number of nitrogens with zero attached hydrogens (tertiary/aromatic N) is 1. The SMILES string of the molecule is CCN(CC(C)C(=O)OC)C(=O)COc1ccccc1OC. The summed E-state index contributed by atoms with van der Waals surface area (Å²) in [4.78, 5) is 25.2. The van der Waals surface area contributed by atoms with Gasteiger partial charge in [-0.1, -0.05) is 19.1 Å². The molecule has 1 aromatic rings. The zero-order chi connectivity index (χ0) is 16.5. The van der Waals surface area contributed by atoms with E-state index in [4.69, 9.17) is 9.47 Å². The van der Waals surface area contributed by atoms with Gasteiger partial charge >= 0.3 is 5.97 Å². The lowest BCUT2D eigenvalue weighted by Gasteiger charge is -2.23. The molecule has 122 valence electrons. The summed E-state index contributed by atoms with van der Waals surface area (Å²) in [5.74, 6) is 0.179. The third kappa shape index (κ3) is 4.95. The normalized spacial score (nSPS) is 11.5. The third-order valence-corrected chi connectivity index (χ3v) is 3.25. The van der Waals surface area contributed by atoms with Crippen molar-refractivity contribution in [3.63, 3.8) is 0 Å². The number of ether oxygens (including phenoxy) is 3. The highest BCUT2D eigenvalue weighted by Gasteiger charge is 2.21. The second-order valence-electron chi connectivity index (χ2n) is 4.80. The van der Waals surface area contributed by atoms with E-state index in [-0.39, 0.29) is 24.4 Å². The lowest BCUT2D eigenvalue weighted by molar-refractivity contribution is -0.146. The Morgan fingerprint density at radius 1 is 1.18 bits per heavy atom. The number of para-hydroxylation sites is 2.